The number of para-hydroxylation sites is 1. The molecule has 0 saturated heterocycles. The summed E-state index contributed by atoms with van der Waals surface area (Å²) in [6, 6.07) is 6.57. The van der Waals surface area contributed by atoms with Crippen molar-refractivity contribution in [3.63, 3.8) is 0 Å². The number of halogens is 1. The lowest BCUT2D eigenvalue weighted by molar-refractivity contribution is 0.400. The molecular weight excluding hydrogens is 264 g/mol. The molecule has 2 aromatic rings. The Morgan fingerprint density at radius 2 is 1.89 bits per heavy atom. The first kappa shape index (κ1) is 11.1. The van der Waals surface area contributed by atoms with Crippen molar-refractivity contribution in [2.75, 3.05) is 0 Å². The molecule has 0 aliphatic heterocycles. The van der Waals surface area contributed by atoms with Gasteiger partial charge in [0, 0.05) is 6.04 Å². The molecule has 2 aliphatic carbocycles. The molecule has 2 fully saturated rings. The van der Waals surface area contributed by atoms with Crippen LogP contribution in [0.15, 0.2) is 18.2 Å². The van der Waals surface area contributed by atoms with Crippen LogP contribution in [0.4, 0.5) is 0 Å². The van der Waals surface area contributed by atoms with E-state index in [0.717, 1.165) is 32.7 Å². The normalized spacial score (nSPS) is 19.9. The highest BCUT2D eigenvalue weighted by atomic mass is 35.5. The van der Waals surface area contributed by atoms with Crippen LogP contribution in [0.1, 0.15) is 31.7 Å². The lowest BCUT2D eigenvalue weighted by Crippen LogP contribution is -2.13. The van der Waals surface area contributed by atoms with E-state index in [2.05, 4.69) is 15.6 Å². The van der Waals surface area contributed by atoms with E-state index in [1.807, 2.05) is 12.1 Å². The van der Waals surface area contributed by atoms with E-state index in [4.69, 9.17) is 23.8 Å². The Morgan fingerprint density at radius 1 is 1.22 bits per heavy atom. The van der Waals surface area contributed by atoms with Gasteiger partial charge in [-0.05, 0) is 61.9 Å². The molecule has 0 unspecified atom stereocenters. The number of fused-ring (bicyclic) bond motifs is 1. The highest BCUT2D eigenvalue weighted by Crippen LogP contribution is 2.53. The molecule has 0 spiro atoms. The van der Waals surface area contributed by atoms with Gasteiger partial charge in [0.2, 0.25) is 0 Å². The lowest BCUT2D eigenvalue weighted by Gasteiger charge is -2.19. The molecule has 0 amide bonds. The van der Waals surface area contributed by atoms with Gasteiger partial charge >= 0.3 is 0 Å². The topological polar surface area (TPSA) is 20.7 Å². The summed E-state index contributed by atoms with van der Waals surface area (Å²) in [6.07, 6.45) is 5.39. The van der Waals surface area contributed by atoms with Crippen molar-refractivity contribution in [2.24, 2.45) is 11.8 Å². The molecule has 2 saturated carbocycles. The van der Waals surface area contributed by atoms with E-state index in [1.165, 1.54) is 25.7 Å². The predicted octanol–water partition coefficient (Wildman–Crippen LogP) is 4.71. The summed E-state index contributed by atoms with van der Waals surface area (Å²) in [5, 5.41) is 0.811. The smallest absolute Gasteiger partial charge is 0.178 e. The average molecular weight is 279 g/mol. The molecule has 1 aromatic heterocycles. The van der Waals surface area contributed by atoms with Crippen molar-refractivity contribution in [3.05, 3.63) is 28.0 Å². The standard InChI is InChI=1S/C14H15ClN2S/c15-10-2-1-3-11-13(10)17(14(18)16-11)12(8-4-5-8)9-6-7-9/h1-3,8-9,12H,4-7H2,(H,16,18). The molecule has 94 valence electrons. The number of nitrogens with one attached hydrogen (secondary N) is 1. The van der Waals surface area contributed by atoms with Crippen LogP contribution >= 0.6 is 23.8 Å². The van der Waals surface area contributed by atoms with Crippen LogP contribution in [0.3, 0.4) is 0 Å². The van der Waals surface area contributed by atoms with Gasteiger partial charge in [0.05, 0.1) is 16.1 Å². The van der Waals surface area contributed by atoms with Gasteiger partial charge in [-0.1, -0.05) is 17.7 Å². The summed E-state index contributed by atoms with van der Waals surface area (Å²) < 4.78 is 3.14. The monoisotopic (exact) mass is 278 g/mol. The van der Waals surface area contributed by atoms with Gasteiger partial charge in [0.25, 0.3) is 0 Å². The Hall–Kier alpha value is -0.800. The van der Waals surface area contributed by atoms with E-state index >= 15 is 0 Å². The molecule has 1 heterocycles. The summed E-state index contributed by atoms with van der Waals surface area (Å²) in [7, 11) is 0. The summed E-state index contributed by atoms with van der Waals surface area (Å²) in [5.41, 5.74) is 2.17. The zero-order chi connectivity index (χ0) is 12.3. The second-order valence-corrected chi connectivity index (χ2v) is 6.40. The Bertz CT molecular complexity index is 652. The molecule has 0 bridgehead atoms. The van der Waals surface area contributed by atoms with E-state index in [1.54, 1.807) is 0 Å². The van der Waals surface area contributed by atoms with Crippen molar-refractivity contribution in [1.82, 2.24) is 9.55 Å². The van der Waals surface area contributed by atoms with Gasteiger partial charge in [-0.15, -0.1) is 0 Å². The number of aromatic nitrogens is 2. The number of nitrogens with zero attached hydrogens (tertiary/aromatic N) is 1. The van der Waals surface area contributed by atoms with Gasteiger partial charge in [-0.2, -0.15) is 0 Å². The molecule has 4 heteroatoms. The fraction of sp³-hybridized carbons (Fsp3) is 0.500. The SMILES string of the molecule is S=c1[nH]c2cccc(Cl)c2n1C(C1CC1)C1CC1. The van der Waals surface area contributed by atoms with Gasteiger partial charge < -0.3 is 9.55 Å². The van der Waals surface area contributed by atoms with Crippen LogP contribution in [-0.4, -0.2) is 9.55 Å². The van der Waals surface area contributed by atoms with Crippen LogP contribution in [0, 0.1) is 16.6 Å². The Kier molecular flexibility index (Phi) is 2.36. The van der Waals surface area contributed by atoms with Crippen LogP contribution in [0.2, 0.25) is 5.02 Å². The minimum atomic E-state index is 0.575. The van der Waals surface area contributed by atoms with Crippen molar-refractivity contribution in [1.29, 1.82) is 0 Å². The molecule has 2 nitrogen and oxygen atoms in total. The number of benzene rings is 1. The molecule has 1 aromatic carbocycles. The first-order chi connectivity index (χ1) is 8.75. The maximum atomic E-state index is 6.38. The van der Waals surface area contributed by atoms with Gasteiger partial charge in [0.1, 0.15) is 0 Å². The third kappa shape index (κ3) is 1.64. The minimum Gasteiger partial charge on any atom is -0.331 e. The van der Waals surface area contributed by atoms with Crippen molar-refractivity contribution >= 4 is 34.9 Å². The average Bonchev–Trinajstić information content (AvgIpc) is 3.22. The first-order valence-electron chi connectivity index (χ1n) is 6.64. The van der Waals surface area contributed by atoms with Crippen molar-refractivity contribution in [3.8, 4) is 0 Å². The van der Waals surface area contributed by atoms with Gasteiger partial charge in [-0.25, -0.2) is 0 Å². The largest absolute Gasteiger partial charge is 0.331 e. The molecule has 4 rings (SSSR count). The fourth-order valence-corrected chi connectivity index (χ4v) is 3.69. The van der Waals surface area contributed by atoms with Crippen LogP contribution in [0.5, 0.6) is 0 Å². The first-order valence-corrected chi connectivity index (χ1v) is 7.43. The Labute approximate surface area is 116 Å². The maximum Gasteiger partial charge on any atom is 0.178 e. The highest BCUT2D eigenvalue weighted by molar-refractivity contribution is 7.71. The zero-order valence-corrected chi connectivity index (χ0v) is 11.6. The molecule has 0 radical (unpaired) electrons. The highest BCUT2D eigenvalue weighted by Gasteiger charge is 2.43. The number of rotatable bonds is 3. The van der Waals surface area contributed by atoms with Crippen LogP contribution in [0.25, 0.3) is 11.0 Å². The molecular formula is C14H15ClN2S. The Balaban J connectivity index is 1.97. The van der Waals surface area contributed by atoms with Crippen LogP contribution < -0.4 is 0 Å². The lowest BCUT2D eigenvalue weighted by atomic mass is 10.1. The molecule has 0 atom stereocenters. The van der Waals surface area contributed by atoms with Crippen molar-refractivity contribution in [2.45, 2.75) is 31.7 Å². The number of H-pyrrole nitrogens is 1. The second kappa shape index (κ2) is 3.84. The molecule has 1 N–H and O–H groups in total. The molecule has 18 heavy (non-hydrogen) atoms. The number of imidazole rings is 1. The summed E-state index contributed by atoms with van der Waals surface area (Å²) in [5.74, 6) is 1.64. The summed E-state index contributed by atoms with van der Waals surface area (Å²) in [6.45, 7) is 0. The van der Waals surface area contributed by atoms with Gasteiger partial charge in [-0.3, -0.25) is 0 Å². The minimum absolute atomic E-state index is 0.575. The fourth-order valence-electron chi connectivity index (χ4n) is 3.10. The Morgan fingerprint density at radius 3 is 2.50 bits per heavy atom. The molecule has 2 aliphatic rings. The summed E-state index contributed by atoms with van der Waals surface area (Å²) >= 11 is 11.9. The zero-order valence-electron chi connectivity index (χ0n) is 10.0. The number of hydrogen-bond acceptors (Lipinski definition) is 1. The van der Waals surface area contributed by atoms with E-state index in [9.17, 15) is 0 Å². The predicted molar refractivity (Wildman–Crippen MR) is 76.6 cm³/mol. The van der Waals surface area contributed by atoms with Crippen molar-refractivity contribution < 1.29 is 0 Å². The second-order valence-electron chi connectivity index (χ2n) is 5.60. The number of aromatic amines is 1. The third-order valence-corrected chi connectivity index (χ3v) is 4.80. The van der Waals surface area contributed by atoms with Gasteiger partial charge in [0.15, 0.2) is 4.77 Å². The van der Waals surface area contributed by atoms with E-state index in [0.29, 0.717) is 6.04 Å². The third-order valence-electron chi connectivity index (χ3n) is 4.20. The number of hydrogen-bond donors (Lipinski definition) is 1. The van der Waals surface area contributed by atoms with E-state index < -0.39 is 0 Å². The summed E-state index contributed by atoms with van der Waals surface area (Å²) in [4.78, 5) is 3.31. The van der Waals surface area contributed by atoms with E-state index in [-0.39, 0.29) is 0 Å². The maximum absolute atomic E-state index is 6.38. The van der Waals surface area contributed by atoms with Crippen LogP contribution in [-0.2, 0) is 0 Å². The quantitative estimate of drug-likeness (QED) is 0.806.